The van der Waals surface area contributed by atoms with Gasteiger partial charge in [-0.2, -0.15) is 18.2 Å². The van der Waals surface area contributed by atoms with E-state index in [-0.39, 0.29) is 29.2 Å². The van der Waals surface area contributed by atoms with Gasteiger partial charge in [-0.1, -0.05) is 6.07 Å². The number of carbonyl (C=O) groups is 1. The quantitative estimate of drug-likeness (QED) is 0.534. The highest BCUT2D eigenvalue weighted by molar-refractivity contribution is 5.93. The van der Waals surface area contributed by atoms with Crippen LogP contribution in [0.2, 0.25) is 0 Å². The van der Waals surface area contributed by atoms with Crippen LogP contribution in [0.3, 0.4) is 0 Å². The van der Waals surface area contributed by atoms with Crippen molar-refractivity contribution in [2.45, 2.75) is 20.0 Å². The molecular weight excluding hydrogens is 415 g/mol. The van der Waals surface area contributed by atoms with Crippen LogP contribution in [-0.4, -0.2) is 33.0 Å². The summed E-state index contributed by atoms with van der Waals surface area (Å²) < 4.78 is 45.6. The first-order chi connectivity index (χ1) is 14.7. The zero-order valence-corrected chi connectivity index (χ0v) is 16.7. The Morgan fingerprint density at radius 2 is 1.84 bits per heavy atom. The van der Waals surface area contributed by atoms with Gasteiger partial charge in [-0.15, -0.1) is 0 Å². The Morgan fingerprint density at radius 1 is 1.06 bits per heavy atom. The molecule has 2 heterocycles. The number of ether oxygens (including phenoxy) is 1. The zero-order chi connectivity index (χ0) is 22.6. The second-order valence-electron chi connectivity index (χ2n) is 6.38. The van der Waals surface area contributed by atoms with Crippen LogP contribution >= 0.6 is 0 Å². The van der Waals surface area contributed by atoms with Crippen LogP contribution in [0.5, 0.6) is 5.88 Å². The topological polar surface area (TPSA) is 114 Å². The Hall–Kier alpha value is -3.96. The number of alkyl halides is 3. The number of carbonyl (C=O) groups excluding carboxylic acids is 1. The van der Waals surface area contributed by atoms with E-state index in [9.17, 15) is 18.0 Å². The summed E-state index contributed by atoms with van der Waals surface area (Å²) in [5, 5.41) is 7.94. The Kier molecular flexibility index (Phi) is 6.18. The summed E-state index contributed by atoms with van der Waals surface area (Å²) in [4.78, 5) is 27.0. The lowest BCUT2D eigenvalue weighted by molar-refractivity contribution is -0.137. The van der Waals surface area contributed by atoms with Crippen LogP contribution in [0.25, 0.3) is 0 Å². The van der Waals surface area contributed by atoms with Gasteiger partial charge in [-0.05, 0) is 24.6 Å². The van der Waals surface area contributed by atoms with Gasteiger partial charge in [0.15, 0.2) is 0 Å². The largest absolute Gasteiger partial charge is 0.481 e. The minimum absolute atomic E-state index is 0.135. The third-order valence-corrected chi connectivity index (χ3v) is 3.92. The van der Waals surface area contributed by atoms with E-state index in [4.69, 9.17) is 4.74 Å². The molecule has 0 radical (unpaired) electrons. The molecule has 1 aromatic carbocycles. The van der Waals surface area contributed by atoms with Crippen LogP contribution in [0.1, 0.15) is 18.1 Å². The molecule has 162 valence electrons. The number of halogens is 3. The number of rotatable bonds is 6. The third kappa shape index (κ3) is 5.56. The molecule has 12 heteroatoms. The zero-order valence-electron chi connectivity index (χ0n) is 16.7. The average Bonchev–Trinajstić information content (AvgIpc) is 2.69. The number of anilines is 5. The maximum atomic E-state index is 13.5. The van der Waals surface area contributed by atoms with Gasteiger partial charge >= 0.3 is 6.18 Å². The van der Waals surface area contributed by atoms with Gasteiger partial charge < -0.3 is 20.7 Å². The van der Waals surface area contributed by atoms with Crippen molar-refractivity contribution in [3.63, 3.8) is 0 Å². The number of methoxy groups -OCH3 is 1. The molecule has 1 amide bonds. The number of aryl methyl sites for hydroxylation is 1. The fourth-order valence-electron chi connectivity index (χ4n) is 2.57. The first-order valence-corrected chi connectivity index (χ1v) is 8.88. The van der Waals surface area contributed by atoms with Crippen LogP contribution in [0.4, 0.5) is 42.1 Å². The summed E-state index contributed by atoms with van der Waals surface area (Å²) in [7, 11) is 1.41. The lowest BCUT2D eigenvalue weighted by atomic mass is 10.1. The molecule has 2 aromatic heterocycles. The van der Waals surface area contributed by atoms with E-state index in [0.717, 1.165) is 5.56 Å². The highest BCUT2D eigenvalue weighted by Crippen LogP contribution is 2.36. The lowest BCUT2D eigenvalue weighted by Crippen LogP contribution is -2.14. The van der Waals surface area contributed by atoms with E-state index in [1.165, 1.54) is 26.4 Å². The van der Waals surface area contributed by atoms with Crippen molar-refractivity contribution in [2.75, 3.05) is 23.1 Å². The number of amides is 1. The van der Waals surface area contributed by atoms with Gasteiger partial charge in [0, 0.05) is 19.2 Å². The van der Waals surface area contributed by atoms with E-state index in [1.807, 2.05) is 0 Å². The average molecular weight is 433 g/mol. The molecule has 9 nitrogen and oxygen atoms in total. The number of hydrogen-bond acceptors (Lipinski definition) is 8. The van der Waals surface area contributed by atoms with Crippen LogP contribution in [0, 0.1) is 6.92 Å². The van der Waals surface area contributed by atoms with Crippen LogP contribution < -0.4 is 20.7 Å². The van der Waals surface area contributed by atoms with Crippen molar-refractivity contribution in [3.05, 3.63) is 47.9 Å². The summed E-state index contributed by atoms with van der Waals surface area (Å²) in [6.45, 7) is 3.09. The molecule has 3 rings (SSSR count). The summed E-state index contributed by atoms with van der Waals surface area (Å²) >= 11 is 0. The SMILES string of the molecule is COc1cc(Nc2ncc(C(F)(F)F)c(Nc3ccc(C)cc3NC(C)=O)n2)ncn1. The Balaban J connectivity index is 1.99. The molecule has 0 unspecified atom stereocenters. The lowest BCUT2D eigenvalue weighted by Gasteiger charge is -2.17. The Morgan fingerprint density at radius 3 is 2.52 bits per heavy atom. The third-order valence-electron chi connectivity index (χ3n) is 3.92. The minimum Gasteiger partial charge on any atom is -0.481 e. The monoisotopic (exact) mass is 433 g/mol. The Bertz CT molecular complexity index is 1110. The molecule has 0 spiro atoms. The molecule has 0 saturated heterocycles. The maximum Gasteiger partial charge on any atom is 0.421 e. The Labute approximate surface area is 175 Å². The normalized spacial score (nSPS) is 11.0. The van der Waals surface area contributed by atoms with Crippen LogP contribution in [-0.2, 0) is 11.0 Å². The van der Waals surface area contributed by atoms with E-state index in [2.05, 4.69) is 35.9 Å². The summed E-state index contributed by atoms with van der Waals surface area (Å²) in [6, 6.07) is 6.30. The van der Waals surface area contributed by atoms with Crippen molar-refractivity contribution >= 4 is 34.9 Å². The number of benzene rings is 1. The molecule has 0 aliphatic rings. The second-order valence-corrected chi connectivity index (χ2v) is 6.38. The first kappa shape index (κ1) is 21.7. The van der Waals surface area contributed by atoms with E-state index < -0.39 is 17.6 Å². The maximum absolute atomic E-state index is 13.5. The van der Waals surface area contributed by atoms with Crippen molar-refractivity contribution in [2.24, 2.45) is 0 Å². The second kappa shape index (κ2) is 8.81. The van der Waals surface area contributed by atoms with E-state index in [1.54, 1.807) is 25.1 Å². The highest BCUT2D eigenvalue weighted by Gasteiger charge is 2.35. The molecule has 3 aromatic rings. The van der Waals surface area contributed by atoms with Crippen molar-refractivity contribution in [1.29, 1.82) is 0 Å². The summed E-state index contributed by atoms with van der Waals surface area (Å²) in [5.74, 6) is -0.521. The number of hydrogen-bond donors (Lipinski definition) is 3. The number of aromatic nitrogens is 4. The highest BCUT2D eigenvalue weighted by atomic mass is 19.4. The molecule has 0 bridgehead atoms. The van der Waals surface area contributed by atoms with Crippen molar-refractivity contribution in [1.82, 2.24) is 19.9 Å². The van der Waals surface area contributed by atoms with Gasteiger partial charge in [-0.25, -0.2) is 15.0 Å². The number of nitrogens with one attached hydrogen (secondary N) is 3. The molecule has 0 aliphatic carbocycles. The van der Waals surface area contributed by atoms with E-state index >= 15 is 0 Å². The fourth-order valence-corrected chi connectivity index (χ4v) is 2.57. The minimum atomic E-state index is -4.71. The smallest absolute Gasteiger partial charge is 0.421 e. The summed E-state index contributed by atoms with van der Waals surface area (Å²) in [5.41, 5.74) is 0.287. The standard InChI is InChI=1S/C19H18F3N7O2/c1-10-4-5-13(14(6-10)26-11(2)30)27-17-12(19(20,21)22)8-23-18(29-17)28-15-7-16(31-3)25-9-24-15/h4-9H,1-3H3,(H,26,30)(H2,23,24,25,27,28,29). The van der Waals surface area contributed by atoms with Crippen LogP contribution in [0.15, 0.2) is 36.8 Å². The van der Waals surface area contributed by atoms with E-state index in [0.29, 0.717) is 11.9 Å². The van der Waals surface area contributed by atoms with Crippen molar-refractivity contribution < 1.29 is 22.7 Å². The molecule has 31 heavy (non-hydrogen) atoms. The number of nitrogens with zero attached hydrogens (tertiary/aromatic N) is 4. The van der Waals surface area contributed by atoms with Crippen molar-refractivity contribution in [3.8, 4) is 5.88 Å². The molecule has 0 saturated carbocycles. The van der Waals surface area contributed by atoms with Gasteiger partial charge in [0.2, 0.25) is 17.7 Å². The fraction of sp³-hybridized carbons (Fsp3) is 0.211. The first-order valence-electron chi connectivity index (χ1n) is 8.88. The molecular formula is C19H18F3N7O2. The van der Waals surface area contributed by atoms with Gasteiger partial charge in [0.1, 0.15) is 23.5 Å². The summed E-state index contributed by atoms with van der Waals surface area (Å²) in [6.07, 6.45) is -2.84. The predicted molar refractivity (Wildman–Crippen MR) is 108 cm³/mol. The van der Waals surface area contributed by atoms with Gasteiger partial charge in [0.25, 0.3) is 0 Å². The molecule has 0 fully saturated rings. The molecule has 3 N–H and O–H groups in total. The molecule has 0 atom stereocenters. The van der Waals surface area contributed by atoms with Gasteiger partial charge in [-0.3, -0.25) is 4.79 Å². The van der Waals surface area contributed by atoms with Gasteiger partial charge in [0.05, 0.1) is 18.5 Å². The predicted octanol–water partition coefficient (Wildman–Crippen LogP) is 4.05. The molecule has 0 aliphatic heterocycles.